The molecule has 5 unspecified atom stereocenters. The van der Waals surface area contributed by atoms with E-state index in [1.807, 2.05) is 20.8 Å². The summed E-state index contributed by atoms with van der Waals surface area (Å²) in [6.07, 6.45) is 2.51. The summed E-state index contributed by atoms with van der Waals surface area (Å²) in [6.45, 7) is 6.01. The van der Waals surface area contributed by atoms with Crippen LogP contribution in [0.25, 0.3) is 0 Å². The molecule has 2 aliphatic rings. The predicted octanol–water partition coefficient (Wildman–Crippen LogP) is 1.59. The zero-order valence-electron chi connectivity index (χ0n) is 12.1. The van der Waals surface area contributed by atoms with Gasteiger partial charge in [0.1, 0.15) is 6.10 Å². The van der Waals surface area contributed by atoms with Crippen LogP contribution >= 0.6 is 0 Å². The summed E-state index contributed by atoms with van der Waals surface area (Å²) in [4.78, 5) is 12.1. The zero-order valence-corrected chi connectivity index (χ0v) is 12.1. The van der Waals surface area contributed by atoms with E-state index in [4.69, 9.17) is 4.74 Å². The van der Waals surface area contributed by atoms with Gasteiger partial charge in [-0.15, -0.1) is 0 Å². The number of aliphatic hydroxyl groups is 2. The van der Waals surface area contributed by atoms with Crippen molar-refractivity contribution in [3.05, 3.63) is 0 Å². The second-order valence-electron chi connectivity index (χ2n) is 6.77. The molecule has 0 radical (unpaired) electrons. The lowest BCUT2D eigenvalue weighted by atomic mass is 9.78. The number of hydrogen-bond acceptors (Lipinski definition) is 4. The van der Waals surface area contributed by atoms with E-state index >= 15 is 0 Å². The number of rotatable bonds is 5. The number of aliphatic hydroxyl groups excluding tert-OH is 2. The van der Waals surface area contributed by atoms with E-state index in [0.717, 1.165) is 19.3 Å². The molecule has 2 fully saturated rings. The van der Waals surface area contributed by atoms with Crippen LogP contribution in [0, 0.1) is 29.1 Å². The quantitative estimate of drug-likeness (QED) is 0.745. The van der Waals surface area contributed by atoms with Crippen molar-refractivity contribution in [3.8, 4) is 0 Å². The van der Waals surface area contributed by atoms with Crippen LogP contribution in [0.5, 0.6) is 0 Å². The Morgan fingerprint density at radius 1 is 1.21 bits per heavy atom. The second-order valence-corrected chi connectivity index (χ2v) is 6.77. The molecule has 2 saturated carbocycles. The van der Waals surface area contributed by atoms with Crippen molar-refractivity contribution in [2.24, 2.45) is 29.1 Å². The van der Waals surface area contributed by atoms with Crippen molar-refractivity contribution in [1.29, 1.82) is 0 Å². The van der Waals surface area contributed by atoms with Crippen LogP contribution < -0.4 is 0 Å². The molecule has 0 spiro atoms. The smallest absolute Gasteiger partial charge is 0.311 e. The van der Waals surface area contributed by atoms with E-state index in [0.29, 0.717) is 5.92 Å². The van der Waals surface area contributed by atoms with Crippen LogP contribution in [-0.4, -0.2) is 35.5 Å². The Labute approximate surface area is 115 Å². The molecule has 2 N–H and O–H groups in total. The topological polar surface area (TPSA) is 66.8 Å². The molecule has 0 heterocycles. The molecule has 4 heteroatoms. The molecule has 2 rings (SSSR count). The minimum absolute atomic E-state index is 0.0664. The van der Waals surface area contributed by atoms with Crippen molar-refractivity contribution in [2.75, 3.05) is 13.2 Å². The van der Waals surface area contributed by atoms with Gasteiger partial charge in [0.2, 0.25) is 0 Å². The Hall–Kier alpha value is -0.610. The van der Waals surface area contributed by atoms with E-state index in [1.165, 1.54) is 0 Å². The van der Waals surface area contributed by atoms with Crippen LogP contribution in [0.15, 0.2) is 0 Å². The van der Waals surface area contributed by atoms with E-state index in [-0.39, 0.29) is 43.0 Å². The van der Waals surface area contributed by atoms with Gasteiger partial charge in [-0.1, -0.05) is 6.92 Å². The van der Waals surface area contributed by atoms with Crippen LogP contribution in [0.1, 0.15) is 40.0 Å². The van der Waals surface area contributed by atoms with Crippen molar-refractivity contribution in [1.82, 2.24) is 0 Å². The molecular weight excluding hydrogens is 244 g/mol. The lowest BCUT2D eigenvalue weighted by Crippen LogP contribution is -2.39. The first-order valence-corrected chi connectivity index (χ1v) is 7.37. The van der Waals surface area contributed by atoms with Gasteiger partial charge < -0.3 is 14.9 Å². The maximum absolute atomic E-state index is 12.1. The molecule has 0 aromatic rings. The molecule has 4 nitrogen and oxygen atoms in total. The summed E-state index contributed by atoms with van der Waals surface area (Å²) in [7, 11) is 0. The lowest BCUT2D eigenvalue weighted by Gasteiger charge is -2.35. The Morgan fingerprint density at radius 3 is 2.37 bits per heavy atom. The first kappa shape index (κ1) is 14.8. The van der Waals surface area contributed by atoms with E-state index in [1.54, 1.807) is 0 Å². The first-order valence-electron chi connectivity index (χ1n) is 7.37. The van der Waals surface area contributed by atoms with Crippen molar-refractivity contribution < 1.29 is 19.7 Å². The monoisotopic (exact) mass is 270 g/mol. The Morgan fingerprint density at radius 2 is 1.84 bits per heavy atom. The molecule has 0 aromatic carbocycles. The maximum Gasteiger partial charge on any atom is 0.311 e. The third kappa shape index (κ3) is 2.52. The summed E-state index contributed by atoms with van der Waals surface area (Å²) >= 11 is 0. The van der Waals surface area contributed by atoms with Gasteiger partial charge in [-0.25, -0.2) is 0 Å². The average molecular weight is 270 g/mol. The predicted molar refractivity (Wildman–Crippen MR) is 71.3 cm³/mol. The normalized spacial score (nSPS) is 37.6. The minimum Gasteiger partial charge on any atom is -0.462 e. The van der Waals surface area contributed by atoms with Crippen LogP contribution in [0.2, 0.25) is 0 Å². The highest BCUT2D eigenvalue weighted by Crippen LogP contribution is 2.53. The van der Waals surface area contributed by atoms with Gasteiger partial charge in [0.05, 0.1) is 5.41 Å². The van der Waals surface area contributed by atoms with Gasteiger partial charge in [-0.2, -0.15) is 0 Å². The zero-order chi connectivity index (χ0) is 14.2. The summed E-state index contributed by atoms with van der Waals surface area (Å²) in [6, 6.07) is 0. The maximum atomic E-state index is 12.1. The van der Waals surface area contributed by atoms with Crippen LogP contribution in [0.3, 0.4) is 0 Å². The number of carbonyl (C=O) groups is 1. The van der Waals surface area contributed by atoms with Gasteiger partial charge in [-0.3, -0.25) is 4.79 Å². The number of carbonyl (C=O) groups excluding carboxylic acids is 1. The number of fused-ring (bicyclic) bond motifs is 2. The molecule has 0 aromatic heterocycles. The molecular formula is C15H26O4. The van der Waals surface area contributed by atoms with Crippen molar-refractivity contribution >= 4 is 5.97 Å². The molecule has 2 bridgehead atoms. The van der Waals surface area contributed by atoms with Crippen LogP contribution in [0.4, 0.5) is 0 Å². The van der Waals surface area contributed by atoms with Gasteiger partial charge in [0.15, 0.2) is 0 Å². The Kier molecular flexibility index (Phi) is 4.21. The molecule has 110 valence electrons. The Balaban J connectivity index is 2.00. The van der Waals surface area contributed by atoms with E-state index in [2.05, 4.69) is 0 Å². The summed E-state index contributed by atoms with van der Waals surface area (Å²) in [5, 5.41) is 18.9. The first-order chi connectivity index (χ1) is 8.94. The molecule has 2 aliphatic carbocycles. The van der Waals surface area contributed by atoms with Crippen molar-refractivity contribution in [3.63, 3.8) is 0 Å². The summed E-state index contributed by atoms with van der Waals surface area (Å²) in [5.41, 5.74) is -0.438. The largest absolute Gasteiger partial charge is 0.462 e. The van der Waals surface area contributed by atoms with E-state index < -0.39 is 5.41 Å². The number of ether oxygens (including phenoxy) is 1. The highest BCUT2D eigenvalue weighted by Gasteiger charge is 2.53. The molecule has 0 saturated heterocycles. The van der Waals surface area contributed by atoms with Gasteiger partial charge >= 0.3 is 5.97 Å². The van der Waals surface area contributed by atoms with Gasteiger partial charge in [-0.05, 0) is 50.9 Å². The SMILES string of the molecule is CCC(C)(C)C(=O)OC1CC2CC1C(CO)C2CO. The Bertz CT molecular complexity index is 339. The number of esters is 1. The average Bonchev–Trinajstić information content (AvgIpc) is 2.94. The molecule has 19 heavy (non-hydrogen) atoms. The number of hydrogen-bond donors (Lipinski definition) is 2. The highest BCUT2D eigenvalue weighted by atomic mass is 16.5. The summed E-state index contributed by atoms with van der Waals surface area (Å²) < 4.78 is 5.69. The molecule has 0 amide bonds. The van der Waals surface area contributed by atoms with Gasteiger partial charge in [0.25, 0.3) is 0 Å². The minimum atomic E-state index is -0.438. The van der Waals surface area contributed by atoms with Crippen LogP contribution in [-0.2, 0) is 9.53 Å². The van der Waals surface area contributed by atoms with Gasteiger partial charge in [0, 0.05) is 19.1 Å². The summed E-state index contributed by atoms with van der Waals surface area (Å²) in [5.74, 6) is 0.763. The fourth-order valence-corrected chi connectivity index (χ4v) is 3.67. The lowest BCUT2D eigenvalue weighted by molar-refractivity contribution is -0.165. The fourth-order valence-electron chi connectivity index (χ4n) is 3.67. The van der Waals surface area contributed by atoms with Crippen molar-refractivity contribution in [2.45, 2.75) is 46.1 Å². The fraction of sp³-hybridized carbons (Fsp3) is 0.933. The standard InChI is InChI=1S/C15H26O4/c1-4-15(2,3)14(18)19-13-6-9-5-10(13)12(8-17)11(9)7-16/h9-13,16-17H,4-8H2,1-3H3. The van der Waals surface area contributed by atoms with E-state index in [9.17, 15) is 15.0 Å². The third-order valence-electron chi connectivity index (χ3n) is 5.41. The molecule has 5 atom stereocenters. The third-order valence-corrected chi connectivity index (χ3v) is 5.41. The highest BCUT2D eigenvalue weighted by molar-refractivity contribution is 5.76. The second kappa shape index (κ2) is 5.41. The molecule has 0 aliphatic heterocycles.